The Morgan fingerprint density at radius 2 is 2.00 bits per heavy atom. The van der Waals surface area contributed by atoms with Gasteiger partial charge in [0.25, 0.3) is 0 Å². The average Bonchev–Trinajstić information content (AvgIpc) is 3.24. The number of anilines is 1. The number of hydrazine groups is 1. The van der Waals surface area contributed by atoms with Gasteiger partial charge in [0.1, 0.15) is 12.1 Å². The minimum atomic E-state index is 0.225. The molecule has 6 atom stereocenters. The van der Waals surface area contributed by atoms with E-state index in [0.29, 0.717) is 30.3 Å². The SMILES string of the molecule is CCOC1CCC2NNC(c3cc(N4CC5CCC(C4)O5)ncn3)C2C1. The van der Waals surface area contributed by atoms with E-state index in [9.17, 15) is 0 Å². The summed E-state index contributed by atoms with van der Waals surface area (Å²) in [5, 5.41) is 0. The van der Waals surface area contributed by atoms with Crippen molar-refractivity contribution in [2.45, 2.75) is 69.4 Å². The van der Waals surface area contributed by atoms with E-state index < -0.39 is 0 Å². The summed E-state index contributed by atoms with van der Waals surface area (Å²) in [5.41, 5.74) is 8.08. The van der Waals surface area contributed by atoms with Crippen molar-refractivity contribution < 1.29 is 9.47 Å². The third-order valence-corrected chi connectivity index (χ3v) is 6.47. The lowest BCUT2D eigenvalue weighted by Gasteiger charge is -2.34. The molecule has 7 nitrogen and oxygen atoms in total. The van der Waals surface area contributed by atoms with Crippen LogP contribution in [0.2, 0.25) is 0 Å². The summed E-state index contributed by atoms with van der Waals surface area (Å²) in [6.07, 6.45) is 8.57. The summed E-state index contributed by atoms with van der Waals surface area (Å²) >= 11 is 0. The van der Waals surface area contributed by atoms with Gasteiger partial charge in [-0.2, -0.15) is 0 Å². The molecule has 4 heterocycles. The van der Waals surface area contributed by atoms with Gasteiger partial charge in [-0.25, -0.2) is 15.4 Å². The zero-order valence-corrected chi connectivity index (χ0v) is 15.4. The van der Waals surface area contributed by atoms with Crippen molar-refractivity contribution in [3.63, 3.8) is 0 Å². The molecule has 2 bridgehead atoms. The number of nitrogens with one attached hydrogen (secondary N) is 2. The molecule has 7 heteroatoms. The summed E-state index contributed by atoms with van der Waals surface area (Å²) in [4.78, 5) is 11.6. The standard InChI is InChI=1S/C19H29N5O2/c1-2-25-12-5-6-16-15(7-12)19(23-22-16)17-8-18(21-11-20-17)24-9-13-3-4-14(10-24)26-13/h8,11-16,19,22-23H,2-7,9-10H2,1H3. The first-order valence-corrected chi connectivity index (χ1v) is 10.1. The third-order valence-electron chi connectivity index (χ3n) is 6.47. The van der Waals surface area contributed by atoms with Crippen molar-refractivity contribution in [2.75, 3.05) is 24.6 Å². The van der Waals surface area contributed by atoms with E-state index in [4.69, 9.17) is 9.47 Å². The molecule has 2 N–H and O–H groups in total. The molecular formula is C19H29N5O2. The Labute approximate surface area is 154 Å². The Morgan fingerprint density at radius 3 is 2.81 bits per heavy atom. The fraction of sp³-hybridized carbons (Fsp3) is 0.789. The Hall–Kier alpha value is -1.28. The van der Waals surface area contributed by atoms with Crippen LogP contribution < -0.4 is 15.8 Å². The molecular weight excluding hydrogens is 330 g/mol. The van der Waals surface area contributed by atoms with Crippen molar-refractivity contribution in [1.82, 2.24) is 20.8 Å². The highest BCUT2D eigenvalue weighted by Crippen LogP contribution is 2.39. The Bertz CT molecular complexity index is 632. The van der Waals surface area contributed by atoms with Crippen LogP contribution in [0.15, 0.2) is 12.4 Å². The maximum Gasteiger partial charge on any atom is 0.132 e. The molecule has 3 aliphatic heterocycles. The molecule has 0 spiro atoms. The summed E-state index contributed by atoms with van der Waals surface area (Å²) in [6, 6.07) is 2.91. The second-order valence-corrected chi connectivity index (χ2v) is 8.09. The second-order valence-electron chi connectivity index (χ2n) is 8.09. The predicted molar refractivity (Wildman–Crippen MR) is 97.7 cm³/mol. The van der Waals surface area contributed by atoms with Crippen LogP contribution >= 0.6 is 0 Å². The monoisotopic (exact) mass is 359 g/mol. The molecule has 1 aromatic rings. The lowest BCUT2D eigenvalue weighted by Crippen LogP contribution is -2.43. The lowest BCUT2D eigenvalue weighted by molar-refractivity contribution is 0.0149. The van der Waals surface area contributed by atoms with E-state index in [1.54, 1.807) is 6.33 Å². The molecule has 26 heavy (non-hydrogen) atoms. The molecule has 1 saturated carbocycles. The quantitative estimate of drug-likeness (QED) is 0.845. The van der Waals surface area contributed by atoms with Gasteiger partial charge in [-0.15, -0.1) is 0 Å². The van der Waals surface area contributed by atoms with Gasteiger partial charge in [0.15, 0.2) is 0 Å². The molecule has 1 aliphatic carbocycles. The van der Waals surface area contributed by atoms with E-state index in [2.05, 4.69) is 38.7 Å². The third kappa shape index (κ3) is 3.11. The van der Waals surface area contributed by atoms with Crippen LogP contribution in [0, 0.1) is 5.92 Å². The molecule has 0 aromatic carbocycles. The highest BCUT2D eigenvalue weighted by Gasteiger charge is 2.42. The Morgan fingerprint density at radius 1 is 1.15 bits per heavy atom. The first-order valence-electron chi connectivity index (χ1n) is 10.1. The topological polar surface area (TPSA) is 71.5 Å². The van der Waals surface area contributed by atoms with Crippen LogP contribution in [0.4, 0.5) is 5.82 Å². The summed E-state index contributed by atoms with van der Waals surface area (Å²) in [7, 11) is 0. The van der Waals surface area contributed by atoms with Crippen molar-refractivity contribution >= 4 is 5.82 Å². The highest BCUT2D eigenvalue weighted by atomic mass is 16.5. The molecule has 4 aliphatic rings. The number of nitrogens with zero attached hydrogens (tertiary/aromatic N) is 3. The Kier molecular flexibility index (Phi) is 4.56. The fourth-order valence-corrected chi connectivity index (χ4v) is 5.20. The van der Waals surface area contributed by atoms with Crippen LogP contribution in [0.5, 0.6) is 0 Å². The van der Waals surface area contributed by atoms with E-state index in [1.807, 2.05) is 0 Å². The van der Waals surface area contributed by atoms with E-state index in [0.717, 1.165) is 50.5 Å². The van der Waals surface area contributed by atoms with Gasteiger partial charge in [0, 0.05) is 37.7 Å². The van der Waals surface area contributed by atoms with Gasteiger partial charge in [-0.3, -0.25) is 5.43 Å². The molecule has 6 unspecified atom stereocenters. The van der Waals surface area contributed by atoms with Gasteiger partial charge in [-0.1, -0.05) is 0 Å². The van der Waals surface area contributed by atoms with Gasteiger partial charge in [-0.05, 0) is 39.0 Å². The first kappa shape index (κ1) is 16.9. The zero-order valence-electron chi connectivity index (χ0n) is 15.4. The maximum absolute atomic E-state index is 5.96. The van der Waals surface area contributed by atoms with Gasteiger partial charge in [0.2, 0.25) is 0 Å². The second kappa shape index (κ2) is 7.03. The maximum atomic E-state index is 5.96. The largest absolute Gasteiger partial charge is 0.378 e. The smallest absolute Gasteiger partial charge is 0.132 e. The van der Waals surface area contributed by atoms with Crippen LogP contribution in [0.1, 0.15) is 50.8 Å². The lowest BCUT2D eigenvalue weighted by atomic mass is 9.79. The Balaban J connectivity index is 1.33. The minimum absolute atomic E-state index is 0.225. The predicted octanol–water partition coefficient (Wildman–Crippen LogP) is 1.57. The van der Waals surface area contributed by atoms with E-state index in [-0.39, 0.29) is 6.04 Å². The molecule has 3 saturated heterocycles. The van der Waals surface area contributed by atoms with Crippen LogP contribution in [0.3, 0.4) is 0 Å². The van der Waals surface area contributed by atoms with Gasteiger partial charge >= 0.3 is 0 Å². The average molecular weight is 359 g/mol. The molecule has 0 amide bonds. The zero-order chi connectivity index (χ0) is 17.5. The summed E-state index contributed by atoms with van der Waals surface area (Å²) in [5.74, 6) is 1.56. The van der Waals surface area contributed by atoms with Gasteiger partial charge in [0.05, 0.1) is 30.0 Å². The number of fused-ring (bicyclic) bond motifs is 3. The number of hydrogen-bond donors (Lipinski definition) is 2. The van der Waals surface area contributed by atoms with E-state index >= 15 is 0 Å². The van der Waals surface area contributed by atoms with Crippen molar-refractivity contribution in [1.29, 1.82) is 0 Å². The number of ether oxygens (including phenoxy) is 2. The molecule has 4 fully saturated rings. The molecule has 0 radical (unpaired) electrons. The van der Waals surface area contributed by atoms with Crippen LogP contribution in [0.25, 0.3) is 0 Å². The van der Waals surface area contributed by atoms with Crippen LogP contribution in [-0.4, -0.2) is 54.0 Å². The van der Waals surface area contributed by atoms with Crippen molar-refractivity contribution in [3.05, 3.63) is 18.1 Å². The fourth-order valence-electron chi connectivity index (χ4n) is 5.20. The number of hydrogen-bond acceptors (Lipinski definition) is 7. The van der Waals surface area contributed by atoms with Gasteiger partial charge < -0.3 is 14.4 Å². The van der Waals surface area contributed by atoms with E-state index in [1.165, 1.54) is 12.8 Å². The number of aromatic nitrogens is 2. The summed E-state index contributed by atoms with van der Waals surface area (Å²) in [6.45, 7) is 4.77. The highest BCUT2D eigenvalue weighted by molar-refractivity contribution is 5.41. The molecule has 142 valence electrons. The van der Waals surface area contributed by atoms with Crippen LogP contribution in [-0.2, 0) is 9.47 Å². The molecule has 5 rings (SSSR count). The first-order chi connectivity index (χ1) is 12.8. The van der Waals surface area contributed by atoms with Crippen molar-refractivity contribution in [3.8, 4) is 0 Å². The molecule has 1 aromatic heterocycles. The van der Waals surface area contributed by atoms with Crippen molar-refractivity contribution in [2.24, 2.45) is 5.92 Å². The summed E-state index contributed by atoms with van der Waals surface area (Å²) < 4.78 is 11.9. The number of rotatable bonds is 4. The normalized spacial score (nSPS) is 39.2. The minimum Gasteiger partial charge on any atom is -0.378 e. The number of morpholine rings is 1.